The molecule has 146 valence electrons. The molecule has 1 aliphatic rings. The van der Waals surface area contributed by atoms with Crippen LogP contribution in [0.5, 0.6) is 5.75 Å². The van der Waals surface area contributed by atoms with E-state index in [-0.39, 0.29) is 5.91 Å². The van der Waals surface area contributed by atoms with Gasteiger partial charge in [0.05, 0.1) is 13.5 Å². The monoisotopic (exact) mass is 370 g/mol. The zero-order valence-electron chi connectivity index (χ0n) is 16.6. The predicted molar refractivity (Wildman–Crippen MR) is 106 cm³/mol. The summed E-state index contributed by atoms with van der Waals surface area (Å²) < 4.78 is 7.50. The minimum absolute atomic E-state index is 0.180. The number of likely N-dealkylation sites (N-methyl/N-ethyl adjacent to an activating group) is 1. The van der Waals surface area contributed by atoms with Crippen molar-refractivity contribution in [2.45, 2.75) is 31.7 Å². The number of likely N-dealkylation sites (tertiary alicyclic amines) is 1. The second-order valence-corrected chi connectivity index (χ2v) is 7.49. The minimum atomic E-state index is 0.180. The second kappa shape index (κ2) is 9.04. The van der Waals surface area contributed by atoms with Crippen LogP contribution >= 0.6 is 0 Å². The minimum Gasteiger partial charge on any atom is -0.497 e. The van der Waals surface area contributed by atoms with Crippen LogP contribution in [0.25, 0.3) is 0 Å². The number of piperidine rings is 1. The maximum Gasteiger partial charge on any atom is 0.227 e. The molecule has 1 amide bonds. The van der Waals surface area contributed by atoms with E-state index in [1.54, 1.807) is 7.11 Å². The quantitative estimate of drug-likeness (QED) is 0.751. The van der Waals surface area contributed by atoms with E-state index in [4.69, 9.17) is 4.74 Å². The lowest BCUT2D eigenvalue weighted by molar-refractivity contribution is -0.131. The van der Waals surface area contributed by atoms with Gasteiger partial charge in [-0.3, -0.25) is 4.79 Å². The summed E-state index contributed by atoms with van der Waals surface area (Å²) in [6.07, 6.45) is 6.45. The molecule has 0 bridgehead atoms. The maximum atomic E-state index is 12.8. The fourth-order valence-corrected chi connectivity index (χ4v) is 3.66. The second-order valence-electron chi connectivity index (χ2n) is 7.49. The Morgan fingerprint density at radius 3 is 3.00 bits per heavy atom. The zero-order valence-corrected chi connectivity index (χ0v) is 16.6. The molecule has 1 atom stereocenters. The number of nitrogens with zero attached hydrogens (tertiary/aromatic N) is 4. The molecule has 0 aliphatic carbocycles. The third kappa shape index (κ3) is 5.10. The lowest BCUT2D eigenvalue weighted by atomic mass is 9.96. The highest BCUT2D eigenvalue weighted by molar-refractivity contribution is 5.79. The number of carbonyl (C=O) groups is 1. The summed E-state index contributed by atoms with van der Waals surface area (Å²) in [6, 6.07) is 7.75. The Kier molecular flexibility index (Phi) is 6.50. The van der Waals surface area contributed by atoms with E-state index >= 15 is 0 Å². The summed E-state index contributed by atoms with van der Waals surface area (Å²) in [5.41, 5.74) is 0.994. The Labute approximate surface area is 161 Å². The van der Waals surface area contributed by atoms with Crippen molar-refractivity contribution in [1.29, 1.82) is 0 Å². The van der Waals surface area contributed by atoms with Gasteiger partial charge >= 0.3 is 0 Å². The number of aromatic nitrogens is 2. The Bertz CT molecular complexity index is 756. The van der Waals surface area contributed by atoms with Crippen molar-refractivity contribution in [2.75, 3.05) is 40.8 Å². The largest absolute Gasteiger partial charge is 0.497 e. The van der Waals surface area contributed by atoms with Crippen molar-refractivity contribution < 1.29 is 9.53 Å². The van der Waals surface area contributed by atoms with Crippen molar-refractivity contribution in [3.8, 4) is 5.75 Å². The highest BCUT2D eigenvalue weighted by Gasteiger charge is 2.27. The van der Waals surface area contributed by atoms with E-state index in [9.17, 15) is 4.79 Å². The molecule has 0 radical (unpaired) electrons. The zero-order chi connectivity index (χ0) is 19.2. The van der Waals surface area contributed by atoms with E-state index in [1.807, 2.05) is 35.4 Å². The molecular formula is C21H30N4O2. The standard InChI is InChI=1S/C21H30N4O2/c1-23(2)12-13-24-11-9-22-21(24)18-7-5-10-25(16-18)20(26)15-17-6-4-8-19(14-17)27-3/h4,6,8-9,11,14,18H,5,7,10,12-13,15-16H2,1-3H3. The van der Waals surface area contributed by atoms with Gasteiger partial charge in [0.15, 0.2) is 0 Å². The summed E-state index contributed by atoms with van der Waals surface area (Å²) in [5, 5.41) is 0. The SMILES string of the molecule is COc1cccc(CC(=O)N2CCCC(c3nccn3CCN(C)C)C2)c1. The number of carbonyl (C=O) groups excluding carboxylic acids is 1. The summed E-state index contributed by atoms with van der Waals surface area (Å²) in [4.78, 5) is 21.6. The van der Waals surface area contributed by atoms with E-state index < -0.39 is 0 Å². The van der Waals surface area contributed by atoms with Crippen molar-refractivity contribution in [2.24, 2.45) is 0 Å². The Hall–Kier alpha value is -2.34. The molecule has 1 aromatic heterocycles. The average molecular weight is 370 g/mol. The van der Waals surface area contributed by atoms with Crippen LogP contribution in [0.1, 0.15) is 30.1 Å². The number of imidazole rings is 1. The molecule has 6 heteroatoms. The van der Waals surface area contributed by atoms with Crippen LogP contribution in [0.4, 0.5) is 0 Å². The summed E-state index contributed by atoms with van der Waals surface area (Å²) in [6.45, 7) is 3.49. The number of hydrogen-bond acceptors (Lipinski definition) is 4. The third-order valence-electron chi connectivity index (χ3n) is 5.16. The molecule has 27 heavy (non-hydrogen) atoms. The van der Waals surface area contributed by atoms with Crippen molar-refractivity contribution in [3.05, 3.63) is 48.0 Å². The summed E-state index contributed by atoms with van der Waals surface area (Å²) >= 11 is 0. The normalized spacial score (nSPS) is 17.3. The third-order valence-corrected chi connectivity index (χ3v) is 5.16. The van der Waals surface area contributed by atoms with Gasteiger partial charge in [-0.15, -0.1) is 0 Å². The number of amides is 1. The Balaban J connectivity index is 1.64. The van der Waals surface area contributed by atoms with Gasteiger partial charge in [0.2, 0.25) is 5.91 Å². The molecule has 2 heterocycles. The van der Waals surface area contributed by atoms with Crippen LogP contribution in [0, 0.1) is 0 Å². The van der Waals surface area contributed by atoms with E-state index in [0.29, 0.717) is 12.3 Å². The van der Waals surface area contributed by atoms with Crippen molar-refractivity contribution >= 4 is 5.91 Å². The first-order valence-corrected chi connectivity index (χ1v) is 9.63. The fourth-order valence-electron chi connectivity index (χ4n) is 3.66. The van der Waals surface area contributed by atoms with Crippen LogP contribution in [-0.4, -0.2) is 66.1 Å². The Morgan fingerprint density at radius 1 is 1.37 bits per heavy atom. The van der Waals surface area contributed by atoms with Crippen molar-refractivity contribution in [1.82, 2.24) is 19.4 Å². The van der Waals surface area contributed by atoms with Crippen LogP contribution < -0.4 is 4.74 Å². The molecule has 1 saturated heterocycles. The summed E-state index contributed by atoms with van der Waals surface area (Å²) in [7, 11) is 5.81. The van der Waals surface area contributed by atoms with E-state index in [2.05, 4.69) is 34.7 Å². The van der Waals surface area contributed by atoms with Gasteiger partial charge in [0, 0.05) is 44.5 Å². The van der Waals surface area contributed by atoms with Crippen molar-refractivity contribution in [3.63, 3.8) is 0 Å². The molecular weight excluding hydrogens is 340 g/mol. The average Bonchev–Trinajstić information content (AvgIpc) is 3.15. The maximum absolute atomic E-state index is 12.8. The molecule has 1 aliphatic heterocycles. The van der Waals surface area contributed by atoms with Gasteiger partial charge in [0.1, 0.15) is 11.6 Å². The molecule has 1 fully saturated rings. The summed E-state index contributed by atoms with van der Waals surface area (Å²) in [5.74, 6) is 2.39. The van der Waals surface area contributed by atoms with Gasteiger partial charge in [0.25, 0.3) is 0 Å². The smallest absolute Gasteiger partial charge is 0.227 e. The first kappa shape index (κ1) is 19.4. The predicted octanol–water partition coefficient (Wildman–Crippen LogP) is 2.40. The Morgan fingerprint density at radius 2 is 2.22 bits per heavy atom. The molecule has 2 aromatic rings. The molecule has 0 spiro atoms. The lowest BCUT2D eigenvalue weighted by Gasteiger charge is -2.33. The van der Waals surface area contributed by atoms with Gasteiger partial charge in [-0.2, -0.15) is 0 Å². The van der Waals surface area contributed by atoms with Crippen LogP contribution in [0.3, 0.4) is 0 Å². The van der Waals surface area contributed by atoms with Gasteiger partial charge in [-0.25, -0.2) is 4.98 Å². The molecule has 3 rings (SSSR count). The fraction of sp³-hybridized carbons (Fsp3) is 0.524. The topological polar surface area (TPSA) is 50.6 Å². The van der Waals surface area contributed by atoms with Gasteiger partial charge in [-0.1, -0.05) is 12.1 Å². The van der Waals surface area contributed by atoms with E-state index in [0.717, 1.165) is 56.2 Å². The van der Waals surface area contributed by atoms with Gasteiger partial charge < -0.3 is 19.1 Å². The van der Waals surface area contributed by atoms with Crippen LogP contribution in [-0.2, 0) is 17.8 Å². The number of hydrogen-bond donors (Lipinski definition) is 0. The van der Waals surface area contributed by atoms with Crippen LogP contribution in [0.2, 0.25) is 0 Å². The number of ether oxygens (including phenoxy) is 1. The highest BCUT2D eigenvalue weighted by Crippen LogP contribution is 2.26. The molecule has 1 unspecified atom stereocenters. The molecule has 1 aromatic carbocycles. The molecule has 0 saturated carbocycles. The van der Waals surface area contributed by atoms with E-state index in [1.165, 1.54) is 0 Å². The number of methoxy groups -OCH3 is 1. The first-order valence-electron chi connectivity index (χ1n) is 9.63. The first-order chi connectivity index (χ1) is 13.1. The van der Waals surface area contributed by atoms with Gasteiger partial charge in [-0.05, 0) is 44.6 Å². The molecule has 6 nitrogen and oxygen atoms in total. The number of benzene rings is 1. The van der Waals surface area contributed by atoms with Crippen LogP contribution in [0.15, 0.2) is 36.7 Å². The lowest BCUT2D eigenvalue weighted by Crippen LogP contribution is -2.40. The highest BCUT2D eigenvalue weighted by atomic mass is 16.5. The molecule has 0 N–H and O–H groups in total. The number of rotatable bonds is 7.